The minimum Gasteiger partial charge on any atom is -0.392 e. The van der Waals surface area contributed by atoms with Crippen molar-refractivity contribution in [2.24, 2.45) is 5.73 Å². The van der Waals surface area contributed by atoms with Crippen molar-refractivity contribution < 1.29 is 4.79 Å². The quantitative estimate of drug-likeness (QED) is 0.815. The molecule has 100 valence electrons. The van der Waals surface area contributed by atoms with Crippen molar-refractivity contribution in [3.8, 4) is 0 Å². The van der Waals surface area contributed by atoms with E-state index in [1.54, 1.807) is 16.6 Å². The SMILES string of the molecule is CCc1cc(C(=O)N(C)C(C)C(N)=S)n(CC)n1. The van der Waals surface area contributed by atoms with Crippen LogP contribution in [-0.2, 0) is 13.0 Å². The summed E-state index contributed by atoms with van der Waals surface area (Å²) in [6, 6.07) is 1.56. The number of carbonyl (C=O) groups is 1. The first-order valence-electron chi connectivity index (χ1n) is 6.05. The highest BCUT2D eigenvalue weighted by atomic mass is 32.1. The van der Waals surface area contributed by atoms with Crippen LogP contribution >= 0.6 is 12.2 Å². The molecule has 18 heavy (non-hydrogen) atoms. The minimum atomic E-state index is -0.266. The summed E-state index contributed by atoms with van der Waals surface area (Å²) >= 11 is 4.91. The number of rotatable bonds is 5. The third-order valence-corrected chi connectivity index (χ3v) is 3.37. The average molecular weight is 268 g/mol. The summed E-state index contributed by atoms with van der Waals surface area (Å²) in [4.78, 5) is 14.2. The fourth-order valence-corrected chi connectivity index (χ4v) is 1.76. The molecule has 0 aliphatic rings. The number of hydrogen-bond acceptors (Lipinski definition) is 3. The second-order valence-electron chi connectivity index (χ2n) is 4.18. The van der Waals surface area contributed by atoms with Crippen molar-refractivity contribution in [1.29, 1.82) is 0 Å². The Morgan fingerprint density at radius 3 is 2.67 bits per heavy atom. The molecular weight excluding hydrogens is 248 g/mol. The molecule has 5 nitrogen and oxygen atoms in total. The van der Waals surface area contributed by atoms with Gasteiger partial charge in [-0.3, -0.25) is 9.48 Å². The van der Waals surface area contributed by atoms with E-state index >= 15 is 0 Å². The fraction of sp³-hybridized carbons (Fsp3) is 0.583. The van der Waals surface area contributed by atoms with E-state index in [0.717, 1.165) is 12.1 Å². The van der Waals surface area contributed by atoms with Gasteiger partial charge in [-0.2, -0.15) is 5.10 Å². The summed E-state index contributed by atoms with van der Waals surface area (Å²) in [5.74, 6) is -0.107. The highest BCUT2D eigenvalue weighted by Crippen LogP contribution is 2.10. The van der Waals surface area contributed by atoms with E-state index in [4.69, 9.17) is 18.0 Å². The highest BCUT2D eigenvalue weighted by Gasteiger charge is 2.22. The Hall–Kier alpha value is -1.43. The van der Waals surface area contributed by atoms with Gasteiger partial charge in [0.15, 0.2) is 0 Å². The molecule has 0 aliphatic carbocycles. The van der Waals surface area contributed by atoms with Crippen LogP contribution in [0.2, 0.25) is 0 Å². The molecule has 1 aromatic heterocycles. The van der Waals surface area contributed by atoms with Crippen LogP contribution in [-0.4, -0.2) is 38.7 Å². The van der Waals surface area contributed by atoms with Crippen LogP contribution in [0.4, 0.5) is 0 Å². The van der Waals surface area contributed by atoms with Gasteiger partial charge in [0.25, 0.3) is 5.91 Å². The summed E-state index contributed by atoms with van der Waals surface area (Å²) < 4.78 is 1.71. The lowest BCUT2D eigenvalue weighted by atomic mass is 10.2. The summed E-state index contributed by atoms with van der Waals surface area (Å²) in [5, 5.41) is 4.36. The summed E-state index contributed by atoms with van der Waals surface area (Å²) in [6.45, 7) is 6.45. The number of likely N-dealkylation sites (N-methyl/N-ethyl adjacent to an activating group) is 1. The molecule has 6 heteroatoms. The van der Waals surface area contributed by atoms with E-state index in [9.17, 15) is 4.79 Å². The Balaban J connectivity index is 3.02. The zero-order valence-electron chi connectivity index (χ0n) is 11.3. The first-order chi connectivity index (χ1) is 8.42. The Kier molecular flexibility index (Phi) is 4.84. The van der Waals surface area contributed by atoms with Crippen LogP contribution in [0.1, 0.15) is 37.0 Å². The smallest absolute Gasteiger partial charge is 0.272 e. The molecule has 0 bridgehead atoms. The van der Waals surface area contributed by atoms with Crippen molar-refractivity contribution in [2.45, 2.75) is 39.8 Å². The number of nitrogens with two attached hydrogens (primary N) is 1. The molecule has 1 amide bonds. The van der Waals surface area contributed by atoms with Crippen LogP contribution in [0.15, 0.2) is 6.07 Å². The van der Waals surface area contributed by atoms with Crippen molar-refractivity contribution in [2.75, 3.05) is 7.05 Å². The first kappa shape index (κ1) is 14.6. The summed E-state index contributed by atoms with van der Waals surface area (Å²) in [7, 11) is 1.70. The molecule has 0 spiro atoms. The lowest BCUT2D eigenvalue weighted by Gasteiger charge is -2.23. The van der Waals surface area contributed by atoms with Crippen molar-refractivity contribution in [3.63, 3.8) is 0 Å². The maximum absolute atomic E-state index is 12.3. The third kappa shape index (κ3) is 2.87. The Labute approximate surface area is 113 Å². The molecule has 1 unspecified atom stereocenters. The molecule has 1 heterocycles. The number of amides is 1. The molecule has 2 N–H and O–H groups in total. The number of hydrogen-bond donors (Lipinski definition) is 1. The second-order valence-corrected chi connectivity index (χ2v) is 4.66. The summed E-state index contributed by atoms with van der Waals surface area (Å²) in [6.07, 6.45) is 0.807. The molecule has 0 radical (unpaired) electrons. The van der Waals surface area contributed by atoms with E-state index in [0.29, 0.717) is 17.2 Å². The van der Waals surface area contributed by atoms with E-state index < -0.39 is 0 Å². The molecular formula is C12H20N4OS. The molecule has 1 atom stereocenters. The minimum absolute atomic E-state index is 0.107. The maximum Gasteiger partial charge on any atom is 0.272 e. The molecule has 0 saturated carbocycles. The van der Waals surface area contributed by atoms with E-state index in [1.807, 2.05) is 26.8 Å². The van der Waals surface area contributed by atoms with Gasteiger partial charge < -0.3 is 10.6 Å². The van der Waals surface area contributed by atoms with E-state index in [2.05, 4.69) is 5.10 Å². The van der Waals surface area contributed by atoms with Crippen molar-refractivity contribution >= 4 is 23.1 Å². The van der Waals surface area contributed by atoms with Gasteiger partial charge >= 0.3 is 0 Å². The lowest BCUT2D eigenvalue weighted by Crippen LogP contribution is -2.43. The molecule has 0 fully saturated rings. The Morgan fingerprint density at radius 1 is 1.61 bits per heavy atom. The standard InChI is InChI=1S/C12H20N4OS/c1-5-9-7-10(16(6-2)14-9)12(17)15(4)8(3)11(13)18/h7-8H,5-6H2,1-4H3,(H2,13,18). The normalized spacial score (nSPS) is 12.2. The van der Waals surface area contributed by atoms with Crippen LogP contribution in [0.3, 0.4) is 0 Å². The average Bonchev–Trinajstić information content (AvgIpc) is 2.79. The van der Waals surface area contributed by atoms with Gasteiger partial charge in [-0.05, 0) is 26.3 Å². The molecule has 0 aromatic carbocycles. The van der Waals surface area contributed by atoms with Gasteiger partial charge in [0.05, 0.1) is 16.7 Å². The van der Waals surface area contributed by atoms with Crippen molar-refractivity contribution in [3.05, 3.63) is 17.5 Å². The van der Waals surface area contributed by atoms with Crippen molar-refractivity contribution in [1.82, 2.24) is 14.7 Å². The number of nitrogens with zero attached hydrogens (tertiary/aromatic N) is 3. The molecule has 1 rings (SSSR count). The number of aryl methyl sites for hydroxylation is 2. The van der Waals surface area contributed by atoms with Crippen LogP contribution in [0, 0.1) is 0 Å². The predicted octanol–water partition coefficient (Wildman–Crippen LogP) is 1.21. The highest BCUT2D eigenvalue weighted by molar-refractivity contribution is 7.80. The topological polar surface area (TPSA) is 64.2 Å². The summed E-state index contributed by atoms with van der Waals surface area (Å²) in [5.41, 5.74) is 7.07. The number of carbonyl (C=O) groups excluding carboxylic acids is 1. The second kappa shape index (κ2) is 5.95. The van der Waals surface area contributed by atoms with E-state index in [1.165, 1.54) is 0 Å². The predicted molar refractivity (Wildman–Crippen MR) is 75.6 cm³/mol. The first-order valence-corrected chi connectivity index (χ1v) is 6.46. The molecule has 0 aliphatic heterocycles. The van der Waals surface area contributed by atoms with Crippen LogP contribution < -0.4 is 5.73 Å². The molecule has 1 aromatic rings. The van der Waals surface area contributed by atoms with Gasteiger partial charge in [-0.25, -0.2) is 0 Å². The largest absolute Gasteiger partial charge is 0.392 e. The van der Waals surface area contributed by atoms with Crippen LogP contribution in [0.25, 0.3) is 0 Å². The van der Waals surface area contributed by atoms with Gasteiger partial charge in [0, 0.05) is 13.6 Å². The van der Waals surface area contributed by atoms with Crippen LogP contribution in [0.5, 0.6) is 0 Å². The monoisotopic (exact) mass is 268 g/mol. The zero-order valence-corrected chi connectivity index (χ0v) is 12.1. The number of thiocarbonyl (C=S) groups is 1. The molecule has 0 saturated heterocycles. The van der Waals surface area contributed by atoms with Gasteiger partial charge in [-0.1, -0.05) is 19.1 Å². The Morgan fingerprint density at radius 2 is 2.22 bits per heavy atom. The lowest BCUT2D eigenvalue weighted by molar-refractivity contribution is 0.0766. The van der Waals surface area contributed by atoms with E-state index in [-0.39, 0.29) is 11.9 Å². The number of aromatic nitrogens is 2. The van der Waals surface area contributed by atoms with Gasteiger partial charge in [0.1, 0.15) is 5.69 Å². The Bertz CT molecular complexity index is 455. The third-order valence-electron chi connectivity index (χ3n) is 3.02. The van der Waals surface area contributed by atoms with Gasteiger partial charge in [0.2, 0.25) is 0 Å². The maximum atomic E-state index is 12.3. The fourth-order valence-electron chi connectivity index (χ4n) is 1.60. The van der Waals surface area contributed by atoms with Gasteiger partial charge in [-0.15, -0.1) is 0 Å². The zero-order chi connectivity index (χ0) is 13.9.